The number of hydrogen-bond acceptors (Lipinski definition) is 4. The Bertz CT molecular complexity index is 985. The molecule has 0 bridgehead atoms. The summed E-state index contributed by atoms with van der Waals surface area (Å²) in [6, 6.07) is 8.61. The van der Waals surface area contributed by atoms with Crippen molar-refractivity contribution in [2.24, 2.45) is 0 Å². The molecule has 156 valence electrons. The molecule has 10 heteroatoms. The van der Waals surface area contributed by atoms with Gasteiger partial charge >= 0.3 is 12.4 Å². The molecular weight excluding hydrogens is 438 g/mol. The van der Waals surface area contributed by atoms with Gasteiger partial charge in [-0.1, -0.05) is 12.1 Å². The molecule has 2 aromatic heterocycles. The van der Waals surface area contributed by atoms with Crippen molar-refractivity contribution in [1.82, 2.24) is 0 Å². The molecule has 0 saturated carbocycles. The third-order valence-electron chi connectivity index (χ3n) is 4.26. The maximum atomic E-state index is 13.4. The molecule has 0 amide bonds. The maximum absolute atomic E-state index is 13.4. The van der Waals surface area contributed by atoms with Crippen molar-refractivity contribution in [3.8, 4) is 26.6 Å². The molecule has 0 atom stereocenters. The zero-order valence-corrected chi connectivity index (χ0v) is 16.6. The highest BCUT2D eigenvalue weighted by Gasteiger charge is 2.72. The lowest BCUT2D eigenvalue weighted by atomic mass is 9.97. The largest absolute Gasteiger partial charge is 0.497 e. The standard InChI is InChI=1S/C19H14F6O2S2/c1-10-7-14(28-9-10)16-13(11-3-5-12(27-2)6-4-11)8-15(29-16)17(26,18(20,21)22)19(23,24)25/h3-9,26H,1-2H3. The third-order valence-corrected chi connectivity index (χ3v) is 6.74. The summed E-state index contributed by atoms with van der Waals surface area (Å²) in [5.74, 6) is 0.486. The SMILES string of the molecule is COc1ccc(-c2cc(C(O)(C(F)(F)F)C(F)(F)F)sc2-c2cc(C)cs2)cc1. The van der Waals surface area contributed by atoms with Gasteiger partial charge in [0, 0.05) is 10.4 Å². The van der Waals surface area contributed by atoms with Gasteiger partial charge in [-0.05, 0) is 47.7 Å². The van der Waals surface area contributed by atoms with Gasteiger partial charge in [-0.3, -0.25) is 0 Å². The van der Waals surface area contributed by atoms with Crippen LogP contribution in [-0.4, -0.2) is 24.6 Å². The molecule has 0 aliphatic carbocycles. The number of benzene rings is 1. The Hall–Kier alpha value is -2.04. The predicted molar refractivity (Wildman–Crippen MR) is 100 cm³/mol. The number of ether oxygens (including phenoxy) is 1. The van der Waals surface area contributed by atoms with E-state index in [-0.39, 0.29) is 21.8 Å². The Morgan fingerprint density at radius 1 is 0.931 bits per heavy atom. The first kappa shape index (κ1) is 21.7. The number of methoxy groups -OCH3 is 1. The number of halogens is 6. The molecule has 0 saturated heterocycles. The van der Waals surface area contributed by atoms with Gasteiger partial charge in [-0.15, -0.1) is 22.7 Å². The Morgan fingerprint density at radius 3 is 1.97 bits per heavy atom. The normalized spacial score (nSPS) is 13.0. The average Bonchev–Trinajstić information content (AvgIpc) is 3.25. The van der Waals surface area contributed by atoms with Crippen molar-refractivity contribution >= 4 is 22.7 Å². The summed E-state index contributed by atoms with van der Waals surface area (Å²) in [5.41, 5.74) is -3.57. The predicted octanol–water partition coefficient (Wildman–Crippen LogP) is 6.77. The molecule has 1 N–H and O–H groups in total. The number of aliphatic hydroxyl groups is 1. The zero-order chi connectivity index (χ0) is 21.6. The summed E-state index contributed by atoms with van der Waals surface area (Å²) < 4.78 is 85.2. The third kappa shape index (κ3) is 3.76. The molecule has 0 aliphatic rings. The van der Waals surface area contributed by atoms with E-state index in [4.69, 9.17) is 4.74 Å². The number of rotatable bonds is 4. The van der Waals surface area contributed by atoms with Crippen LogP contribution in [0.3, 0.4) is 0 Å². The molecule has 0 radical (unpaired) electrons. The quantitative estimate of drug-likeness (QED) is 0.443. The topological polar surface area (TPSA) is 29.5 Å². The minimum absolute atomic E-state index is 0.168. The Labute approximate surface area is 170 Å². The van der Waals surface area contributed by atoms with Gasteiger partial charge < -0.3 is 9.84 Å². The maximum Gasteiger partial charge on any atom is 0.431 e. The van der Waals surface area contributed by atoms with Crippen molar-refractivity contribution in [3.63, 3.8) is 0 Å². The first-order valence-corrected chi connectivity index (χ1v) is 9.78. The first-order valence-electron chi connectivity index (χ1n) is 8.08. The van der Waals surface area contributed by atoms with Crippen molar-refractivity contribution < 1.29 is 36.2 Å². The lowest BCUT2D eigenvalue weighted by Gasteiger charge is -2.31. The van der Waals surface area contributed by atoms with Crippen molar-refractivity contribution in [1.29, 1.82) is 0 Å². The summed E-state index contributed by atoms with van der Waals surface area (Å²) in [5, 5.41) is 11.6. The van der Waals surface area contributed by atoms with Gasteiger partial charge in [0.25, 0.3) is 5.60 Å². The van der Waals surface area contributed by atoms with Crippen LogP contribution in [0.5, 0.6) is 5.75 Å². The number of hydrogen-bond donors (Lipinski definition) is 1. The second-order valence-electron chi connectivity index (χ2n) is 6.28. The molecule has 1 aromatic carbocycles. The average molecular weight is 452 g/mol. The van der Waals surface area contributed by atoms with Crippen LogP contribution >= 0.6 is 22.7 Å². The molecule has 0 aliphatic heterocycles. The van der Waals surface area contributed by atoms with Crippen LogP contribution in [0.4, 0.5) is 26.3 Å². The van der Waals surface area contributed by atoms with E-state index in [9.17, 15) is 31.4 Å². The van der Waals surface area contributed by atoms with Crippen LogP contribution in [0.1, 0.15) is 10.4 Å². The van der Waals surface area contributed by atoms with Gasteiger partial charge in [0.05, 0.1) is 16.9 Å². The van der Waals surface area contributed by atoms with E-state index >= 15 is 0 Å². The van der Waals surface area contributed by atoms with E-state index in [1.165, 1.54) is 30.6 Å². The van der Waals surface area contributed by atoms with E-state index in [0.29, 0.717) is 16.2 Å². The number of thiophene rings is 2. The van der Waals surface area contributed by atoms with E-state index in [0.717, 1.165) is 11.6 Å². The van der Waals surface area contributed by atoms with Gasteiger partial charge in [0.15, 0.2) is 0 Å². The summed E-state index contributed by atoms with van der Waals surface area (Å²) in [6.45, 7) is 1.77. The van der Waals surface area contributed by atoms with Crippen molar-refractivity contribution in [2.45, 2.75) is 24.9 Å². The smallest absolute Gasteiger partial charge is 0.431 e. The van der Waals surface area contributed by atoms with Crippen LogP contribution in [-0.2, 0) is 5.60 Å². The molecule has 0 fully saturated rings. The Morgan fingerprint density at radius 2 is 1.52 bits per heavy atom. The first-order chi connectivity index (χ1) is 13.4. The van der Waals surface area contributed by atoms with E-state index in [2.05, 4.69) is 0 Å². The highest BCUT2D eigenvalue weighted by molar-refractivity contribution is 7.22. The summed E-state index contributed by atoms with van der Waals surface area (Å²) >= 11 is 1.48. The minimum Gasteiger partial charge on any atom is -0.497 e. The molecule has 3 rings (SSSR count). The van der Waals surface area contributed by atoms with Crippen molar-refractivity contribution in [2.75, 3.05) is 7.11 Å². The molecule has 0 unspecified atom stereocenters. The number of aryl methyl sites for hydroxylation is 1. The van der Waals surface area contributed by atoms with E-state index in [1.54, 1.807) is 30.5 Å². The Kier molecular flexibility index (Phi) is 5.48. The highest BCUT2D eigenvalue weighted by Crippen LogP contribution is 2.55. The fraction of sp³-hybridized carbons (Fsp3) is 0.263. The fourth-order valence-corrected chi connectivity index (χ4v) is 5.07. The van der Waals surface area contributed by atoms with Gasteiger partial charge in [-0.25, -0.2) is 0 Å². The van der Waals surface area contributed by atoms with Crippen LogP contribution in [0.15, 0.2) is 41.8 Å². The fourth-order valence-electron chi connectivity index (χ4n) is 2.73. The second-order valence-corrected chi connectivity index (χ2v) is 8.24. The van der Waals surface area contributed by atoms with E-state index in [1.807, 2.05) is 0 Å². The second kappa shape index (κ2) is 7.33. The van der Waals surface area contributed by atoms with Crippen LogP contribution < -0.4 is 4.74 Å². The van der Waals surface area contributed by atoms with E-state index < -0.39 is 22.8 Å². The van der Waals surface area contributed by atoms with Gasteiger partial charge in [-0.2, -0.15) is 26.3 Å². The molecule has 0 spiro atoms. The van der Waals surface area contributed by atoms with Crippen LogP contribution in [0.2, 0.25) is 0 Å². The molecule has 2 nitrogen and oxygen atoms in total. The zero-order valence-electron chi connectivity index (χ0n) is 15.0. The van der Waals surface area contributed by atoms with Gasteiger partial charge in [0.1, 0.15) is 5.75 Å². The molecule has 2 heterocycles. The Balaban J connectivity index is 2.26. The van der Waals surface area contributed by atoms with Gasteiger partial charge in [0.2, 0.25) is 0 Å². The lowest BCUT2D eigenvalue weighted by Crippen LogP contribution is -2.53. The van der Waals surface area contributed by atoms with Crippen LogP contribution in [0.25, 0.3) is 20.9 Å². The highest BCUT2D eigenvalue weighted by atomic mass is 32.1. The molecular formula is C19H14F6O2S2. The lowest BCUT2D eigenvalue weighted by molar-refractivity contribution is -0.374. The number of alkyl halides is 6. The molecule has 29 heavy (non-hydrogen) atoms. The van der Waals surface area contributed by atoms with Crippen LogP contribution in [0, 0.1) is 6.92 Å². The summed E-state index contributed by atoms with van der Waals surface area (Å²) in [7, 11) is 1.43. The monoisotopic (exact) mass is 452 g/mol. The summed E-state index contributed by atoms with van der Waals surface area (Å²) in [4.78, 5) is -0.504. The summed E-state index contributed by atoms with van der Waals surface area (Å²) in [6.07, 6.45) is -11.9. The minimum atomic E-state index is -5.93. The van der Waals surface area contributed by atoms with Crippen molar-refractivity contribution in [3.05, 3.63) is 52.2 Å². The molecule has 3 aromatic rings.